The number of methoxy groups -OCH3 is 1. The van der Waals surface area contributed by atoms with Gasteiger partial charge in [0.25, 0.3) is 0 Å². The van der Waals surface area contributed by atoms with Gasteiger partial charge in [0.15, 0.2) is 0 Å². The molecule has 1 aliphatic heterocycles. The highest BCUT2D eigenvalue weighted by molar-refractivity contribution is 5.95. The average Bonchev–Trinajstić information content (AvgIpc) is 3.26. The van der Waals surface area contributed by atoms with Crippen molar-refractivity contribution in [2.24, 2.45) is 7.05 Å². The number of rotatable bonds is 8. The summed E-state index contributed by atoms with van der Waals surface area (Å²) in [7, 11) is 3.62. The number of carbonyl (C=O) groups excluding carboxylic acids is 1. The van der Waals surface area contributed by atoms with Gasteiger partial charge < -0.3 is 30.0 Å². The topological polar surface area (TPSA) is 102 Å². The molecule has 1 unspecified atom stereocenters. The van der Waals surface area contributed by atoms with Crippen LogP contribution in [-0.4, -0.2) is 47.2 Å². The smallest absolute Gasteiger partial charge is 0.228 e. The van der Waals surface area contributed by atoms with E-state index in [2.05, 4.69) is 50.4 Å². The molecule has 1 aliphatic rings. The van der Waals surface area contributed by atoms with E-state index in [1.165, 1.54) is 0 Å². The first-order chi connectivity index (χ1) is 18.1. The van der Waals surface area contributed by atoms with Crippen molar-refractivity contribution in [2.75, 3.05) is 37.4 Å². The predicted octanol–water partition coefficient (Wildman–Crippen LogP) is 4.56. The first-order valence-corrected chi connectivity index (χ1v) is 12.2. The van der Waals surface area contributed by atoms with E-state index in [0.29, 0.717) is 36.2 Å². The summed E-state index contributed by atoms with van der Waals surface area (Å²) in [4.78, 5) is 21.7. The lowest BCUT2D eigenvalue weighted by molar-refractivity contribution is -0.115. The Bertz CT molecular complexity index is 1440. The molecule has 9 nitrogen and oxygen atoms in total. The largest absolute Gasteiger partial charge is 0.495 e. The second-order valence-electron chi connectivity index (χ2n) is 8.81. The number of hydrogen-bond donors (Lipinski definition) is 3. The number of fused-ring (bicyclic) bond motifs is 1. The van der Waals surface area contributed by atoms with Crippen LogP contribution in [0.2, 0.25) is 0 Å². The fourth-order valence-corrected chi connectivity index (χ4v) is 4.57. The lowest BCUT2D eigenvalue weighted by atomic mass is 10.0. The predicted molar refractivity (Wildman–Crippen MR) is 145 cm³/mol. The highest BCUT2D eigenvalue weighted by atomic mass is 16.5. The lowest BCUT2D eigenvalue weighted by Gasteiger charge is -2.27. The molecule has 3 heterocycles. The zero-order chi connectivity index (χ0) is 25.8. The molecular formula is C28H30N6O3. The van der Waals surface area contributed by atoms with Crippen molar-refractivity contribution in [3.8, 4) is 17.0 Å². The van der Waals surface area contributed by atoms with Crippen LogP contribution in [0.4, 0.5) is 17.3 Å². The lowest BCUT2D eigenvalue weighted by Crippen LogP contribution is -2.33. The summed E-state index contributed by atoms with van der Waals surface area (Å²) in [6.45, 7) is 5.67. The van der Waals surface area contributed by atoms with Gasteiger partial charge in [0, 0.05) is 66.7 Å². The molecule has 5 rings (SSSR count). The summed E-state index contributed by atoms with van der Waals surface area (Å²) in [6, 6.07) is 13.8. The van der Waals surface area contributed by atoms with Gasteiger partial charge in [-0.2, -0.15) is 0 Å². The first kappa shape index (κ1) is 24.5. The van der Waals surface area contributed by atoms with Crippen LogP contribution in [0.5, 0.6) is 5.75 Å². The van der Waals surface area contributed by atoms with Gasteiger partial charge in [0.1, 0.15) is 5.75 Å². The minimum Gasteiger partial charge on any atom is -0.495 e. The maximum atomic E-state index is 12.5. The van der Waals surface area contributed by atoms with Gasteiger partial charge in [0.2, 0.25) is 11.9 Å². The van der Waals surface area contributed by atoms with E-state index in [1.807, 2.05) is 37.4 Å². The number of aryl methyl sites for hydroxylation is 1. The van der Waals surface area contributed by atoms with Crippen molar-refractivity contribution >= 4 is 34.1 Å². The first-order valence-electron chi connectivity index (χ1n) is 12.2. The molecule has 190 valence electrons. The molecule has 1 atom stereocenters. The Morgan fingerprint density at radius 1 is 1.30 bits per heavy atom. The van der Waals surface area contributed by atoms with Crippen LogP contribution in [0.25, 0.3) is 22.2 Å². The molecule has 0 saturated carbocycles. The third-order valence-corrected chi connectivity index (χ3v) is 6.32. The fraction of sp³-hybridized carbons (Fsp3) is 0.250. The van der Waals surface area contributed by atoms with Crippen LogP contribution in [0.3, 0.4) is 0 Å². The van der Waals surface area contributed by atoms with E-state index in [0.717, 1.165) is 34.3 Å². The highest BCUT2D eigenvalue weighted by Crippen LogP contribution is 2.38. The van der Waals surface area contributed by atoms with Gasteiger partial charge in [-0.05, 0) is 24.3 Å². The standard InChI is InChI=1S/C28H30N6O3/c1-4-7-27(35)31-22-15-23(25(36-3)14-19(22)26-16-29-12-13-37-26)33-28-30-11-10-21(32-28)20-17-34(2)24-9-6-5-8-18(20)24/h4-6,8-11,14-15,17,26,29H,1,7,12-13,16H2,2-3H3,(H,31,35)(H,30,32,33). The number of benzene rings is 2. The van der Waals surface area contributed by atoms with Crippen molar-refractivity contribution in [1.82, 2.24) is 19.9 Å². The minimum atomic E-state index is -0.221. The number of amides is 1. The summed E-state index contributed by atoms with van der Waals surface area (Å²) >= 11 is 0. The molecule has 0 spiro atoms. The van der Waals surface area contributed by atoms with Crippen molar-refractivity contribution < 1.29 is 14.3 Å². The Morgan fingerprint density at radius 2 is 2.16 bits per heavy atom. The number of nitrogens with zero attached hydrogens (tertiary/aromatic N) is 3. The second kappa shape index (κ2) is 10.8. The molecule has 1 amide bonds. The van der Waals surface area contributed by atoms with E-state index in [4.69, 9.17) is 14.5 Å². The molecule has 37 heavy (non-hydrogen) atoms. The number of hydrogen-bond acceptors (Lipinski definition) is 7. The number of anilines is 3. The molecule has 0 radical (unpaired) electrons. The number of morpholine rings is 1. The summed E-state index contributed by atoms with van der Waals surface area (Å²) < 4.78 is 13.8. The highest BCUT2D eigenvalue weighted by Gasteiger charge is 2.23. The Kier molecular flexibility index (Phi) is 7.16. The summed E-state index contributed by atoms with van der Waals surface area (Å²) in [5.74, 6) is 0.839. The number of carbonyl (C=O) groups is 1. The normalized spacial score (nSPS) is 15.4. The Hall–Kier alpha value is -4.21. The molecule has 3 N–H and O–H groups in total. The second-order valence-corrected chi connectivity index (χ2v) is 8.81. The van der Waals surface area contributed by atoms with Crippen LogP contribution in [0.1, 0.15) is 18.1 Å². The van der Waals surface area contributed by atoms with Gasteiger partial charge in [-0.15, -0.1) is 6.58 Å². The van der Waals surface area contributed by atoms with E-state index < -0.39 is 0 Å². The Balaban J connectivity index is 1.51. The van der Waals surface area contributed by atoms with Gasteiger partial charge in [-0.1, -0.05) is 24.3 Å². The number of ether oxygens (including phenoxy) is 2. The van der Waals surface area contributed by atoms with Crippen molar-refractivity contribution in [2.45, 2.75) is 12.5 Å². The van der Waals surface area contributed by atoms with Crippen molar-refractivity contribution in [1.29, 1.82) is 0 Å². The van der Waals surface area contributed by atoms with E-state index in [9.17, 15) is 4.79 Å². The van der Waals surface area contributed by atoms with Crippen LogP contribution in [0, 0.1) is 0 Å². The van der Waals surface area contributed by atoms with Crippen LogP contribution >= 0.6 is 0 Å². The minimum absolute atomic E-state index is 0.162. The molecule has 0 aliphatic carbocycles. The number of aromatic nitrogens is 3. The SMILES string of the molecule is C=CCC(=O)Nc1cc(Nc2nccc(-c3cn(C)c4ccccc34)n2)c(OC)cc1C1CNCCO1. The third-order valence-electron chi connectivity index (χ3n) is 6.32. The van der Waals surface area contributed by atoms with E-state index >= 15 is 0 Å². The van der Waals surface area contributed by atoms with Crippen molar-refractivity contribution in [3.05, 3.63) is 73.1 Å². The number of nitrogens with one attached hydrogen (secondary N) is 3. The molecule has 1 saturated heterocycles. The molecule has 1 fully saturated rings. The zero-order valence-corrected chi connectivity index (χ0v) is 21.0. The average molecular weight is 499 g/mol. The third kappa shape index (κ3) is 5.18. The maximum Gasteiger partial charge on any atom is 0.228 e. The molecule has 2 aromatic heterocycles. The van der Waals surface area contributed by atoms with E-state index in [-0.39, 0.29) is 18.4 Å². The van der Waals surface area contributed by atoms with Gasteiger partial charge in [0.05, 0.1) is 31.2 Å². The summed E-state index contributed by atoms with van der Waals surface area (Å²) in [6.07, 6.45) is 5.35. The zero-order valence-electron chi connectivity index (χ0n) is 21.0. The van der Waals surface area contributed by atoms with Crippen LogP contribution < -0.4 is 20.7 Å². The molecule has 2 aromatic carbocycles. The van der Waals surface area contributed by atoms with Gasteiger partial charge >= 0.3 is 0 Å². The monoisotopic (exact) mass is 498 g/mol. The Labute approximate surface area is 215 Å². The fourth-order valence-electron chi connectivity index (χ4n) is 4.57. The van der Waals surface area contributed by atoms with Gasteiger partial charge in [-0.25, -0.2) is 9.97 Å². The summed E-state index contributed by atoms with van der Waals surface area (Å²) in [5.41, 5.74) is 5.03. The van der Waals surface area contributed by atoms with Crippen molar-refractivity contribution in [3.63, 3.8) is 0 Å². The maximum absolute atomic E-state index is 12.5. The van der Waals surface area contributed by atoms with Crippen LogP contribution in [-0.2, 0) is 16.6 Å². The Morgan fingerprint density at radius 3 is 2.95 bits per heavy atom. The molecular weight excluding hydrogens is 468 g/mol. The van der Waals surface area contributed by atoms with Crippen LogP contribution in [0.15, 0.2) is 67.5 Å². The quantitative estimate of drug-likeness (QED) is 0.306. The molecule has 0 bridgehead atoms. The molecule has 9 heteroatoms. The number of para-hydroxylation sites is 1. The van der Waals surface area contributed by atoms with E-state index in [1.54, 1.807) is 19.4 Å². The molecule has 4 aromatic rings. The van der Waals surface area contributed by atoms with Gasteiger partial charge in [-0.3, -0.25) is 4.79 Å². The summed E-state index contributed by atoms with van der Waals surface area (Å²) in [5, 5.41) is 10.7.